The SMILES string of the molecule is C=C.COC(=O)c1ccc(C(=O)OC)cc1.COC(=O)c1ccc2cc(C(=O)OC)ccc2c1.OCCO. The molecule has 0 aliphatic rings. The number of aliphatic hydroxyl groups excluding tert-OH is 2. The first-order valence-corrected chi connectivity index (χ1v) is 10.9. The number of rotatable bonds is 5. The van der Waals surface area contributed by atoms with Crippen molar-refractivity contribution in [1.29, 1.82) is 0 Å². The smallest absolute Gasteiger partial charge is 0.337 e. The fourth-order valence-corrected chi connectivity index (χ4v) is 2.71. The molecule has 2 N–H and O–H groups in total. The van der Waals surface area contributed by atoms with Crippen LogP contribution in [-0.4, -0.2) is 75.7 Å². The van der Waals surface area contributed by atoms with E-state index in [0.717, 1.165) is 10.8 Å². The summed E-state index contributed by atoms with van der Waals surface area (Å²) in [6, 6.07) is 16.4. The summed E-state index contributed by atoms with van der Waals surface area (Å²) in [6.45, 7) is 5.75. The number of benzene rings is 3. The van der Waals surface area contributed by atoms with Crippen LogP contribution in [0.5, 0.6) is 0 Å². The molecule has 3 aromatic rings. The van der Waals surface area contributed by atoms with Gasteiger partial charge in [0.2, 0.25) is 0 Å². The Bertz CT molecular complexity index is 1090. The lowest BCUT2D eigenvalue weighted by Gasteiger charge is -2.04. The average Bonchev–Trinajstić information content (AvgIpc) is 3.00. The maximum atomic E-state index is 11.4. The highest BCUT2D eigenvalue weighted by Gasteiger charge is 2.09. The van der Waals surface area contributed by atoms with Gasteiger partial charge < -0.3 is 29.2 Å². The van der Waals surface area contributed by atoms with E-state index in [9.17, 15) is 19.2 Å². The normalized spacial score (nSPS) is 9.11. The summed E-state index contributed by atoms with van der Waals surface area (Å²) in [6.07, 6.45) is 0. The van der Waals surface area contributed by atoms with Gasteiger partial charge in [0.1, 0.15) is 0 Å². The largest absolute Gasteiger partial charge is 0.465 e. The molecule has 0 unspecified atom stereocenters. The Labute approximate surface area is 221 Å². The third-order valence-electron chi connectivity index (χ3n) is 4.51. The number of hydrogen-bond donors (Lipinski definition) is 2. The van der Waals surface area contributed by atoms with E-state index < -0.39 is 11.9 Å². The summed E-state index contributed by atoms with van der Waals surface area (Å²) in [5.41, 5.74) is 1.77. The van der Waals surface area contributed by atoms with Gasteiger partial charge in [-0.05, 0) is 59.3 Å². The van der Waals surface area contributed by atoms with E-state index in [1.807, 2.05) is 0 Å². The zero-order valence-corrected chi connectivity index (χ0v) is 21.8. The molecule has 0 spiro atoms. The Morgan fingerprint density at radius 2 is 0.763 bits per heavy atom. The predicted octanol–water partition coefficient (Wildman–Crippen LogP) is 3.45. The first-order chi connectivity index (χ1) is 18.3. The highest BCUT2D eigenvalue weighted by molar-refractivity contribution is 5.99. The molecule has 10 heteroatoms. The molecule has 204 valence electrons. The number of ether oxygens (including phenoxy) is 4. The molecule has 0 atom stereocenters. The number of hydrogen-bond acceptors (Lipinski definition) is 10. The van der Waals surface area contributed by atoms with E-state index in [-0.39, 0.29) is 25.2 Å². The Morgan fingerprint density at radius 1 is 0.526 bits per heavy atom. The van der Waals surface area contributed by atoms with Gasteiger partial charge in [0.15, 0.2) is 0 Å². The minimum atomic E-state index is -0.429. The van der Waals surface area contributed by atoms with Crippen LogP contribution in [0.25, 0.3) is 10.8 Å². The first kappa shape index (κ1) is 33.5. The van der Waals surface area contributed by atoms with Crippen LogP contribution in [0.1, 0.15) is 41.4 Å². The second-order valence-electron chi connectivity index (χ2n) is 6.77. The molecule has 0 fully saturated rings. The number of esters is 4. The lowest BCUT2D eigenvalue weighted by atomic mass is 10.0. The monoisotopic (exact) mass is 528 g/mol. The van der Waals surface area contributed by atoms with Crippen molar-refractivity contribution < 1.29 is 48.3 Å². The average molecular weight is 529 g/mol. The van der Waals surface area contributed by atoms with Crippen molar-refractivity contribution >= 4 is 34.6 Å². The molecule has 3 aromatic carbocycles. The fourth-order valence-electron chi connectivity index (χ4n) is 2.71. The van der Waals surface area contributed by atoms with E-state index in [1.165, 1.54) is 52.7 Å². The zero-order chi connectivity index (χ0) is 29.1. The van der Waals surface area contributed by atoms with Gasteiger partial charge in [-0.1, -0.05) is 12.1 Å². The van der Waals surface area contributed by atoms with Gasteiger partial charge in [-0.25, -0.2) is 19.2 Å². The molecule has 0 saturated heterocycles. The molecule has 0 saturated carbocycles. The van der Waals surface area contributed by atoms with Crippen molar-refractivity contribution in [2.45, 2.75) is 0 Å². The van der Waals surface area contributed by atoms with Crippen LogP contribution in [-0.2, 0) is 18.9 Å². The van der Waals surface area contributed by atoms with Gasteiger partial charge >= 0.3 is 23.9 Å². The van der Waals surface area contributed by atoms with Gasteiger partial charge in [0.25, 0.3) is 0 Å². The van der Waals surface area contributed by atoms with E-state index >= 15 is 0 Å². The zero-order valence-electron chi connectivity index (χ0n) is 21.8. The summed E-state index contributed by atoms with van der Waals surface area (Å²) >= 11 is 0. The van der Waals surface area contributed by atoms with Crippen LogP contribution in [0.4, 0.5) is 0 Å². The minimum Gasteiger partial charge on any atom is -0.465 e. The summed E-state index contributed by atoms with van der Waals surface area (Å²) < 4.78 is 18.3. The van der Waals surface area contributed by atoms with E-state index in [4.69, 9.17) is 10.2 Å². The van der Waals surface area contributed by atoms with Crippen molar-refractivity contribution in [2.24, 2.45) is 0 Å². The second-order valence-corrected chi connectivity index (χ2v) is 6.77. The quantitative estimate of drug-likeness (QED) is 0.287. The Hall–Kier alpha value is -4.54. The number of aliphatic hydroxyl groups is 2. The predicted molar refractivity (Wildman–Crippen MR) is 141 cm³/mol. The van der Waals surface area contributed by atoms with E-state index in [1.54, 1.807) is 36.4 Å². The molecule has 0 aliphatic carbocycles. The Balaban J connectivity index is 0.000000610. The third kappa shape index (κ3) is 10.6. The van der Waals surface area contributed by atoms with Crippen molar-refractivity contribution in [2.75, 3.05) is 41.7 Å². The molecular formula is C28H32O10. The summed E-state index contributed by atoms with van der Waals surface area (Å²) in [4.78, 5) is 44.8. The summed E-state index contributed by atoms with van der Waals surface area (Å²) in [5, 5.41) is 17.0. The summed E-state index contributed by atoms with van der Waals surface area (Å²) in [7, 11) is 5.28. The molecule has 0 amide bonds. The Kier molecular flexibility index (Phi) is 16.5. The lowest BCUT2D eigenvalue weighted by Crippen LogP contribution is -2.04. The van der Waals surface area contributed by atoms with Crippen molar-refractivity contribution in [3.8, 4) is 0 Å². The van der Waals surface area contributed by atoms with Crippen LogP contribution in [0.3, 0.4) is 0 Å². The highest BCUT2D eigenvalue weighted by Crippen LogP contribution is 2.19. The number of carbonyl (C=O) groups excluding carboxylic acids is 4. The number of carbonyl (C=O) groups is 4. The molecule has 0 radical (unpaired) electrons. The molecule has 0 heterocycles. The molecular weight excluding hydrogens is 496 g/mol. The standard InChI is InChI=1S/C14H12O4.C10H10O4.C2H6O2.C2H4/c1-17-13(15)11-5-3-10-8-12(14(16)18-2)6-4-9(10)7-11;1-13-9(11)7-3-5-8(6-4-7)10(12)14-2;3-1-2-4;1-2/h3-8H,1-2H3;3-6H,1-2H3;3-4H,1-2H2;1-2H2. The van der Waals surface area contributed by atoms with Gasteiger partial charge in [-0.3, -0.25) is 0 Å². The van der Waals surface area contributed by atoms with Gasteiger partial charge in [0, 0.05) is 0 Å². The minimum absolute atomic E-state index is 0.125. The third-order valence-corrected chi connectivity index (χ3v) is 4.51. The molecule has 0 aromatic heterocycles. The van der Waals surface area contributed by atoms with Gasteiger partial charge in [-0.15, -0.1) is 13.2 Å². The lowest BCUT2D eigenvalue weighted by molar-refractivity contribution is 0.0586. The molecule has 10 nitrogen and oxygen atoms in total. The van der Waals surface area contributed by atoms with Crippen LogP contribution in [0, 0.1) is 0 Å². The maximum Gasteiger partial charge on any atom is 0.337 e. The van der Waals surface area contributed by atoms with E-state index in [2.05, 4.69) is 32.1 Å². The Morgan fingerprint density at radius 3 is 1.00 bits per heavy atom. The molecule has 3 rings (SSSR count). The fraction of sp³-hybridized carbons (Fsp3) is 0.214. The maximum absolute atomic E-state index is 11.4. The molecule has 0 aliphatic heterocycles. The van der Waals surface area contributed by atoms with Crippen LogP contribution in [0.15, 0.2) is 73.8 Å². The van der Waals surface area contributed by atoms with Crippen LogP contribution in [0.2, 0.25) is 0 Å². The highest BCUT2D eigenvalue weighted by atomic mass is 16.5. The first-order valence-electron chi connectivity index (χ1n) is 10.9. The van der Waals surface area contributed by atoms with Crippen LogP contribution >= 0.6 is 0 Å². The number of fused-ring (bicyclic) bond motifs is 1. The molecule has 0 bridgehead atoms. The van der Waals surface area contributed by atoms with Gasteiger partial charge in [-0.2, -0.15) is 0 Å². The number of methoxy groups -OCH3 is 4. The van der Waals surface area contributed by atoms with Gasteiger partial charge in [0.05, 0.1) is 63.9 Å². The second kappa shape index (κ2) is 18.7. The summed E-state index contributed by atoms with van der Waals surface area (Å²) in [5.74, 6) is -1.62. The van der Waals surface area contributed by atoms with E-state index in [0.29, 0.717) is 22.3 Å². The molecule has 38 heavy (non-hydrogen) atoms. The van der Waals surface area contributed by atoms with Crippen LogP contribution < -0.4 is 0 Å². The topological polar surface area (TPSA) is 146 Å². The van der Waals surface area contributed by atoms with Crippen molar-refractivity contribution in [3.63, 3.8) is 0 Å². The van der Waals surface area contributed by atoms with Crippen molar-refractivity contribution in [3.05, 3.63) is 96.1 Å². The van der Waals surface area contributed by atoms with Crippen molar-refractivity contribution in [1.82, 2.24) is 0 Å².